The molecule has 2 saturated heterocycles. The predicted molar refractivity (Wildman–Crippen MR) is 99.1 cm³/mol. The molecule has 3 rings (SSSR count). The molecule has 2 aliphatic heterocycles. The molecule has 0 spiro atoms. The van der Waals surface area contributed by atoms with Gasteiger partial charge in [0.2, 0.25) is 0 Å². The van der Waals surface area contributed by atoms with Crippen molar-refractivity contribution in [3.05, 3.63) is 0 Å². The normalized spacial score (nSPS) is 29.5. The molecule has 3 fully saturated rings. The zero-order valence-electron chi connectivity index (χ0n) is 16.5. The second kappa shape index (κ2) is 10.4. The molecule has 0 aromatic heterocycles. The van der Waals surface area contributed by atoms with Crippen molar-refractivity contribution in [3.8, 4) is 0 Å². The largest absolute Gasteiger partial charge is 0.465 e. The van der Waals surface area contributed by atoms with E-state index in [1.807, 2.05) is 0 Å². The van der Waals surface area contributed by atoms with Crippen molar-refractivity contribution >= 4 is 11.9 Å². The molecule has 0 aromatic rings. The monoisotopic (exact) mass is 382 g/mol. The average Bonchev–Trinajstić information content (AvgIpc) is 3.56. The summed E-state index contributed by atoms with van der Waals surface area (Å²) in [5.74, 6) is 0.527. The van der Waals surface area contributed by atoms with Crippen LogP contribution in [-0.2, 0) is 28.5 Å². The molecule has 3 aliphatic rings. The number of fused-ring (bicyclic) bond motifs is 1. The summed E-state index contributed by atoms with van der Waals surface area (Å²) in [6, 6.07) is 0. The van der Waals surface area contributed by atoms with Gasteiger partial charge in [0.1, 0.15) is 0 Å². The van der Waals surface area contributed by atoms with Gasteiger partial charge in [-0.15, -0.1) is 0 Å². The maximum absolute atomic E-state index is 11.9. The third kappa shape index (κ3) is 7.78. The van der Waals surface area contributed by atoms with Gasteiger partial charge in [-0.25, -0.2) is 0 Å². The quantitative estimate of drug-likeness (QED) is 0.276. The van der Waals surface area contributed by atoms with Crippen LogP contribution in [0.15, 0.2) is 0 Å². The number of hydrogen-bond acceptors (Lipinski definition) is 6. The highest BCUT2D eigenvalue weighted by atomic mass is 16.6. The molecule has 1 saturated carbocycles. The van der Waals surface area contributed by atoms with E-state index in [4.69, 9.17) is 18.9 Å². The van der Waals surface area contributed by atoms with Crippen LogP contribution in [-0.4, -0.2) is 50.1 Å². The minimum Gasteiger partial charge on any atom is -0.465 e. The molecular formula is C21H34O6. The van der Waals surface area contributed by atoms with Crippen molar-refractivity contribution in [2.75, 3.05) is 19.8 Å². The second-order valence-corrected chi connectivity index (χ2v) is 8.31. The van der Waals surface area contributed by atoms with Crippen LogP contribution >= 0.6 is 0 Å². The number of rotatable bonds is 13. The van der Waals surface area contributed by atoms with Crippen LogP contribution in [0.4, 0.5) is 0 Å². The number of ether oxygens (including phenoxy) is 4. The summed E-state index contributed by atoms with van der Waals surface area (Å²) in [5, 5.41) is 0. The minimum atomic E-state index is -0.164. The first-order valence-electron chi connectivity index (χ1n) is 10.7. The standard InChI is InChI=1S/C21H34O6/c1-2-5-15(10-17-14-24-17)12-25-20(22)6-3-4-7-21(23)26-13-16-8-9-18-19(11-16)27-18/h15-19H,2-14H2,1H3. The Bertz CT molecular complexity index is 489. The van der Waals surface area contributed by atoms with Crippen molar-refractivity contribution in [1.82, 2.24) is 0 Å². The highest BCUT2D eigenvalue weighted by Crippen LogP contribution is 2.39. The molecule has 0 radical (unpaired) electrons. The van der Waals surface area contributed by atoms with Crippen LogP contribution < -0.4 is 0 Å². The van der Waals surface area contributed by atoms with Crippen molar-refractivity contribution in [2.45, 2.75) is 89.4 Å². The first-order valence-corrected chi connectivity index (χ1v) is 10.7. The van der Waals surface area contributed by atoms with Crippen LogP contribution in [0.3, 0.4) is 0 Å². The minimum absolute atomic E-state index is 0.158. The number of unbranched alkanes of at least 4 members (excludes halogenated alkanes) is 1. The third-order valence-corrected chi connectivity index (χ3v) is 5.78. The molecule has 6 nitrogen and oxygen atoms in total. The highest BCUT2D eigenvalue weighted by molar-refractivity contribution is 5.70. The lowest BCUT2D eigenvalue weighted by Gasteiger charge is -2.18. The summed E-state index contributed by atoms with van der Waals surface area (Å²) in [6.07, 6.45) is 9.70. The van der Waals surface area contributed by atoms with Crippen LogP contribution in [0.1, 0.15) is 71.1 Å². The summed E-state index contributed by atoms with van der Waals surface area (Å²) < 4.78 is 21.6. The Morgan fingerprint density at radius 3 is 2.48 bits per heavy atom. The third-order valence-electron chi connectivity index (χ3n) is 5.78. The molecule has 154 valence electrons. The summed E-state index contributed by atoms with van der Waals surface area (Å²) in [6.45, 7) is 3.99. The van der Waals surface area contributed by atoms with Crippen molar-refractivity contribution in [3.63, 3.8) is 0 Å². The van der Waals surface area contributed by atoms with Crippen molar-refractivity contribution in [2.24, 2.45) is 11.8 Å². The van der Waals surface area contributed by atoms with Crippen LogP contribution in [0, 0.1) is 11.8 Å². The smallest absolute Gasteiger partial charge is 0.305 e. The summed E-state index contributed by atoms with van der Waals surface area (Å²) in [7, 11) is 0. The fraction of sp³-hybridized carbons (Fsp3) is 0.905. The Kier molecular flexibility index (Phi) is 7.94. The predicted octanol–water partition coefficient (Wildman–Crippen LogP) is 3.41. The van der Waals surface area contributed by atoms with Gasteiger partial charge in [-0.05, 0) is 56.8 Å². The fourth-order valence-corrected chi connectivity index (χ4v) is 4.00. The summed E-state index contributed by atoms with van der Waals surface area (Å²) >= 11 is 0. The van der Waals surface area contributed by atoms with Gasteiger partial charge in [0.05, 0.1) is 38.1 Å². The fourth-order valence-electron chi connectivity index (χ4n) is 4.00. The molecular weight excluding hydrogens is 348 g/mol. The number of esters is 2. The maximum atomic E-state index is 11.9. The van der Waals surface area contributed by atoms with Gasteiger partial charge in [0.25, 0.3) is 0 Å². The van der Waals surface area contributed by atoms with E-state index < -0.39 is 0 Å². The molecule has 0 aromatic carbocycles. The Morgan fingerprint density at radius 1 is 1.07 bits per heavy atom. The zero-order valence-corrected chi connectivity index (χ0v) is 16.5. The number of hydrogen-bond donors (Lipinski definition) is 0. The number of carbonyl (C=O) groups excluding carboxylic acids is 2. The van der Waals surface area contributed by atoms with E-state index in [-0.39, 0.29) is 11.9 Å². The zero-order chi connectivity index (χ0) is 19.1. The van der Waals surface area contributed by atoms with Crippen LogP contribution in [0.2, 0.25) is 0 Å². The lowest BCUT2D eigenvalue weighted by atomic mass is 9.90. The molecule has 27 heavy (non-hydrogen) atoms. The number of carbonyl (C=O) groups is 2. The maximum Gasteiger partial charge on any atom is 0.305 e. The van der Waals surface area contributed by atoms with E-state index in [1.165, 1.54) is 0 Å². The topological polar surface area (TPSA) is 77.7 Å². The van der Waals surface area contributed by atoms with E-state index in [1.54, 1.807) is 0 Å². The SMILES string of the molecule is CCCC(COC(=O)CCCCC(=O)OCC1CCC2OC2C1)CC1CO1. The molecule has 6 heteroatoms. The molecule has 1 aliphatic carbocycles. The van der Waals surface area contributed by atoms with Crippen LogP contribution in [0.25, 0.3) is 0 Å². The van der Waals surface area contributed by atoms with E-state index in [0.29, 0.717) is 69.0 Å². The molecule has 5 unspecified atom stereocenters. The van der Waals surface area contributed by atoms with Gasteiger partial charge >= 0.3 is 11.9 Å². The Morgan fingerprint density at radius 2 is 1.81 bits per heavy atom. The van der Waals surface area contributed by atoms with E-state index in [0.717, 1.165) is 45.1 Å². The van der Waals surface area contributed by atoms with Crippen LogP contribution in [0.5, 0.6) is 0 Å². The van der Waals surface area contributed by atoms with Crippen molar-refractivity contribution < 1.29 is 28.5 Å². The molecule has 2 heterocycles. The average molecular weight is 382 g/mol. The second-order valence-electron chi connectivity index (χ2n) is 8.31. The van der Waals surface area contributed by atoms with Gasteiger partial charge in [0.15, 0.2) is 0 Å². The molecule has 0 amide bonds. The van der Waals surface area contributed by atoms with E-state index in [2.05, 4.69) is 6.92 Å². The Hall–Kier alpha value is -1.14. The lowest BCUT2D eigenvalue weighted by molar-refractivity contribution is -0.147. The lowest BCUT2D eigenvalue weighted by Crippen LogP contribution is -2.20. The van der Waals surface area contributed by atoms with Gasteiger partial charge in [-0.2, -0.15) is 0 Å². The first kappa shape index (κ1) is 20.6. The summed E-state index contributed by atoms with van der Waals surface area (Å²) in [5.41, 5.74) is 0. The molecule has 5 atom stereocenters. The Balaban J connectivity index is 1.17. The van der Waals surface area contributed by atoms with E-state index >= 15 is 0 Å². The van der Waals surface area contributed by atoms with Gasteiger partial charge < -0.3 is 18.9 Å². The van der Waals surface area contributed by atoms with Gasteiger partial charge in [-0.3, -0.25) is 9.59 Å². The van der Waals surface area contributed by atoms with Crippen molar-refractivity contribution in [1.29, 1.82) is 0 Å². The first-order chi connectivity index (χ1) is 13.1. The number of epoxide rings is 2. The van der Waals surface area contributed by atoms with Gasteiger partial charge in [0, 0.05) is 12.8 Å². The molecule has 0 N–H and O–H groups in total. The molecule has 0 bridgehead atoms. The van der Waals surface area contributed by atoms with E-state index in [9.17, 15) is 9.59 Å². The highest BCUT2D eigenvalue weighted by Gasteiger charge is 2.43. The summed E-state index contributed by atoms with van der Waals surface area (Å²) in [4.78, 5) is 23.7. The van der Waals surface area contributed by atoms with Gasteiger partial charge in [-0.1, -0.05) is 13.3 Å². The Labute approximate surface area is 162 Å².